The van der Waals surface area contributed by atoms with Gasteiger partial charge in [-0.05, 0) is 69.2 Å². The molecule has 2 aromatic heterocycles. The van der Waals surface area contributed by atoms with Crippen molar-refractivity contribution in [2.45, 2.75) is 106 Å². The fourth-order valence-corrected chi connectivity index (χ4v) is 5.03. The van der Waals surface area contributed by atoms with Gasteiger partial charge in [0.25, 0.3) is 0 Å². The number of H-pyrrole nitrogens is 2. The van der Waals surface area contributed by atoms with Crippen LogP contribution >= 0.6 is 0 Å². The number of aromatic nitrogens is 2. The Morgan fingerprint density at radius 3 is 1.53 bits per heavy atom. The number of esters is 2. The Hall–Kier alpha value is -2.50. The van der Waals surface area contributed by atoms with Crippen LogP contribution in [-0.2, 0) is 22.3 Å². The van der Waals surface area contributed by atoms with Gasteiger partial charge < -0.3 is 19.4 Å². The van der Waals surface area contributed by atoms with E-state index in [2.05, 4.69) is 44.6 Å². The molecular weight excluding hydrogens is 428 g/mol. The number of carbonyl (C=O) groups is 2. The number of hydrogen-bond donors (Lipinski definition) is 2. The highest BCUT2D eigenvalue weighted by Gasteiger charge is 2.29. The van der Waals surface area contributed by atoms with E-state index in [0.717, 1.165) is 59.3 Å². The predicted molar refractivity (Wildman–Crippen MR) is 137 cm³/mol. The van der Waals surface area contributed by atoms with Crippen molar-refractivity contribution in [2.75, 3.05) is 13.2 Å². The van der Waals surface area contributed by atoms with E-state index in [1.165, 1.54) is 25.7 Å². The molecule has 0 aliphatic carbocycles. The predicted octanol–water partition coefficient (Wildman–Crippen LogP) is 6.93. The first kappa shape index (κ1) is 27.7. The lowest BCUT2D eigenvalue weighted by atomic mass is 9.88. The summed E-state index contributed by atoms with van der Waals surface area (Å²) in [7, 11) is 0. The van der Waals surface area contributed by atoms with Gasteiger partial charge in [-0.15, -0.1) is 0 Å². The number of aromatic amines is 2. The topological polar surface area (TPSA) is 84.2 Å². The molecule has 0 amide bonds. The highest BCUT2D eigenvalue weighted by atomic mass is 16.5. The van der Waals surface area contributed by atoms with Crippen molar-refractivity contribution < 1.29 is 19.1 Å². The molecule has 0 saturated heterocycles. The highest BCUT2D eigenvalue weighted by Crippen LogP contribution is 2.37. The SMILES string of the molecule is CCCCCCCC(c1[nH]c(C(=O)OCC)c(CC)c1C)c1[nH]c(C(=O)OCC)c(CC)c1C. The monoisotopic (exact) mass is 472 g/mol. The zero-order valence-corrected chi connectivity index (χ0v) is 22.3. The van der Waals surface area contributed by atoms with E-state index in [0.29, 0.717) is 24.6 Å². The Morgan fingerprint density at radius 2 is 1.15 bits per heavy atom. The first-order valence-corrected chi connectivity index (χ1v) is 13.1. The lowest BCUT2D eigenvalue weighted by Crippen LogP contribution is -2.10. The third-order valence-corrected chi connectivity index (χ3v) is 6.80. The Balaban J connectivity index is 2.58. The van der Waals surface area contributed by atoms with Crippen LogP contribution in [0.15, 0.2) is 0 Å². The average Bonchev–Trinajstić information content (AvgIpc) is 3.33. The van der Waals surface area contributed by atoms with Gasteiger partial charge >= 0.3 is 11.9 Å². The second kappa shape index (κ2) is 13.4. The standard InChI is InChI=1S/C28H44N2O4/c1-8-13-14-15-16-17-22(23-18(6)20(9-2)25(29-23)27(31)33-11-4)24-19(7)21(10-3)26(30-24)28(32)34-12-5/h22,29-30H,8-17H2,1-7H3. The number of rotatable bonds is 14. The Labute approximate surface area is 205 Å². The van der Waals surface area contributed by atoms with Gasteiger partial charge in [0.2, 0.25) is 0 Å². The summed E-state index contributed by atoms with van der Waals surface area (Å²) in [5.74, 6) is -0.580. The number of hydrogen-bond acceptors (Lipinski definition) is 4. The number of unbranched alkanes of at least 4 members (excludes halogenated alkanes) is 4. The molecule has 2 rings (SSSR count). The molecule has 190 valence electrons. The molecule has 2 heterocycles. The fraction of sp³-hybridized carbons (Fsp3) is 0.643. The molecule has 0 atom stereocenters. The van der Waals surface area contributed by atoms with Gasteiger partial charge in [0.15, 0.2) is 0 Å². The zero-order chi connectivity index (χ0) is 25.3. The molecule has 0 unspecified atom stereocenters. The summed E-state index contributed by atoms with van der Waals surface area (Å²) in [6.45, 7) is 14.9. The minimum absolute atomic E-state index is 0.0311. The van der Waals surface area contributed by atoms with Crippen molar-refractivity contribution in [3.05, 3.63) is 45.0 Å². The van der Waals surface area contributed by atoms with Gasteiger partial charge in [0.05, 0.1) is 13.2 Å². The van der Waals surface area contributed by atoms with E-state index in [4.69, 9.17) is 9.47 Å². The summed E-state index contributed by atoms with van der Waals surface area (Å²) >= 11 is 0. The number of carbonyl (C=O) groups excluding carboxylic acids is 2. The van der Waals surface area contributed by atoms with Gasteiger partial charge in [0.1, 0.15) is 11.4 Å². The average molecular weight is 473 g/mol. The summed E-state index contributed by atoms with van der Waals surface area (Å²) in [6, 6.07) is 0. The Bertz CT molecular complexity index is 884. The molecule has 0 aliphatic heterocycles. The van der Waals surface area contributed by atoms with Crippen LogP contribution in [0.3, 0.4) is 0 Å². The minimum atomic E-state index is -0.305. The molecule has 0 aromatic carbocycles. The second-order valence-corrected chi connectivity index (χ2v) is 8.94. The maximum Gasteiger partial charge on any atom is 0.355 e. The van der Waals surface area contributed by atoms with E-state index in [-0.39, 0.29) is 17.9 Å². The van der Waals surface area contributed by atoms with E-state index < -0.39 is 0 Å². The Kier molecular flexibility index (Phi) is 10.9. The van der Waals surface area contributed by atoms with Crippen LogP contribution in [0.5, 0.6) is 0 Å². The number of ether oxygens (including phenoxy) is 2. The van der Waals surface area contributed by atoms with E-state index in [1.807, 2.05) is 13.8 Å². The van der Waals surface area contributed by atoms with Crippen molar-refractivity contribution in [1.29, 1.82) is 0 Å². The molecule has 0 bridgehead atoms. The maximum absolute atomic E-state index is 12.7. The lowest BCUT2D eigenvalue weighted by Gasteiger charge is -2.18. The van der Waals surface area contributed by atoms with Crippen LogP contribution in [0.2, 0.25) is 0 Å². The van der Waals surface area contributed by atoms with Gasteiger partial charge in [0, 0.05) is 17.3 Å². The van der Waals surface area contributed by atoms with Crippen molar-refractivity contribution in [3.8, 4) is 0 Å². The lowest BCUT2D eigenvalue weighted by molar-refractivity contribution is 0.0509. The van der Waals surface area contributed by atoms with E-state index in [9.17, 15) is 9.59 Å². The number of nitrogens with one attached hydrogen (secondary N) is 2. The van der Waals surface area contributed by atoms with Crippen LogP contribution in [0.1, 0.15) is 134 Å². The normalized spacial score (nSPS) is 11.3. The van der Waals surface area contributed by atoms with Gasteiger partial charge in [-0.1, -0.05) is 52.9 Å². The largest absolute Gasteiger partial charge is 0.461 e. The van der Waals surface area contributed by atoms with Crippen molar-refractivity contribution in [3.63, 3.8) is 0 Å². The second-order valence-electron chi connectivity index (χ2n) is 8.94. The van der Waals surface area contributed by atoms with Crippen molar-refractivity contribution >= 4 is 11.9 Å². The molecule has 0 fully saturated rings. The molecule has 0 saturated carbocycles. The van der Waals surface area contributed by atoms with E-state index in [1.54, 1.807) is 0 Å². The van der Waals surface area contributed by atoms with Gasteiger partial charge in [-0.25, -0.2) is 9.59 Å². The molecule has 2 N–H and O–H groups in total. The fourth-order valence-electron chi connectivity index (χ4n) is 5.03. The Morgan fingerprint density at radius 1 is 0.706 bits per heavy atom. The molecule has 0 aliphatic rings. The van der Waals surface area contributed by atoms with Crippen LogP contribution in [0.25, 0.3) is 0 Å². The van der Waals surface area contributed by atoms with Crippen molar-refractivity contribution in [1.82, 2.24) is 9.97 Å². The summed E-state index contributed by atoms with van der Waals surface area (Å²) < 4.78 is 10.7. The molecular formula is C28H44N2O4. The molecule has 2 aromatic rings. The maximum atomic E-state index is 12.7. The van der Waals surface area contributed by atoms with Crippen LogP contribution < -0.4 is 0 Å². The van der Waals surface area contributed by atoms with E-state index >= 15 is 0 Å². The first-order valence-electron chi connectivity index (χ1n) is 13.1. The summed E-state index contributed by atoms with van der Waals surface area (Å²) in [6.07, 6.45) is 8.35. The third kappa shape index (κ3) is 6.13. The van der Waals surface area contributed by atoms with Crippen LogP contribution in [0.4, 0.5) is 0 Å². The van der Waals surface area contributed by atoms with Gasteiger partial charge in [-0.3, -0.25) is 0 Å². The molecule has 0 spiro atoms. The summed E-state index contributed by atoms with van der Waals surface area (Å²) in [5, 5.41) is 0. The third-order valence-electron chi connectivity index (χ3n) is 6.80. The smallest absolute Gasteiger partial charge is 0.355 e. The molecule has 6 nitrogen and oxygen atoms in total. The van der Waals surface area contributed by atoms with Crippen LogP contribution in [-0.4, -0.2) is 35.1 Å². The minimum Gasteiger partial charge on any atom is -0.461 e. The quantitative estimate of drug-likeness (QED) is 0.231. The summed E-state index contributed by atoms with van der Waals surface area (Å²) in [4.78, 5) is 32.3. The molecule has 0 radical (unpaired) electrons. The first-order chi connectivity index (χ1) is 16.4. The summed E-state index contributed by atoms with van der Waals surface area (Å²) in [5.41, 5.74) is 7.42. The molecule has 6 heteroatoms. The van der Waals surface area contributed by atoms with Gasteiger partial charge in [-0.2, -0.15) is 0 Å². The van der Waals surface area contributed by atoms with Crippen LogP contribution in [0, 0.1) is 13.8 Å². The molecule has 34 heavy (non-hydrogen) atoms. The zero-order valence-electron chi connectivity index (χ0n) is 22.3. The highest BCUT2D eigenvalue weighted by molar-refractivity contribution is 5.91. The van der Waals surface area contributed by atoms with Crippen molar-refractivity contribution in [2.24, 2.45) is 0 Å².